The number of nitrogens with one attached hydrogen (secondary N) is 1. The SMILES string of the molecule is Cc1ccc([C@@H](NC(=O)CN(c2cc(Cl)c(Cl)cc2Cl)S(C)(=O)=O)c2ccccc2)cc1. The lowest BCUT2D eigenvalue weighted by Crippen LogP contribution is -2.42. The number of rotatable bonds is 7. The largest absolute Gasteiger partial charge is 0.344 e. The molecule has 3 aromatic rings. The molecule has 1 amide bonds. The predicted molar refractivity (Wildman–Crippen MR) is 131 cm³/mol. The van der Waals surface area contributed by atoms with Crippen LogP contribution in [0.3, 0.4) is 0 Å². The van der Waals surface area contributed by atoms with E-state index in [0.717, 1.165) is 27.3 Å². The van der Waals surface area contributed by atoms with Crippen LogP contribution in [0.1, 0.15) is 22.7 Å². The van der Waals surface area contributed by atoms with E-state index >= 15 is 0 Å². The van der Waals surface area contributed by atoms with Crippen LogP contribution in [0.15, 0.2) is 66.7 Å². The molecule has 0 aliphatic rings. The van der Waals surface area contributed by atoms with Gasteiger partial charge in [-0.15, -0.1) is 0 Å². The molecule has 0 fully saturated rings. The first-order valence-electron chi connectivity index (χ1n) is 9.59. The lowest BCUT2D eigenvalue weighted by molar-refractivity contribution is -0.120. The second kappa shape index (κ2) is 10.1. The lowest BCUT2D eigenvalue weighted by Gasteiger charge is -2.26. The van der Waals surface area contributed by atoms with Gasteiger partial charge in [-0.1, -0.05) is 95.0 Å². The number of nitrogens with zero attached hydrogens (tertiary/aromatic N) is 1. The normalized spacial score (nSPS) is 12.3. The van der Waals surface area contributed by atoms with Crippen molar-refractivity contribution < 1.29 is 13.2 Å². The second-order valence-corrected chi connectivity index (χ2v) is 10.4. The fourth-order valence-electron chi connectivity index (χ4n) is 3.18. The van der Waals surface area contributed by atoms with Crippen molar-refractivity contribution in [3.63, 3.8) is 0 Å². The molecule has 3 aromatic carbocycles. The quantitative estimate of drug-likeness (QED) is 0.418. The van der Waals surface area contributed by atoms with Crippen molar-refractivity contribution in [2.24, 2.45) is 0 Å². The monoisotopic (exact) mass is 510 g/mol. The summed E-state index contributed by atoms with van der Waals surface area (Å²) in [6.45, 7) is 1.50. The average Bonchev–Trinajstić information content (AvgIpc) is 2.74. The minimum absolute atomic E-state index is 0.0655. The number of sulfonamides is 1. The Kier molecular flexibility index (Phi) is 7.72. The van der Waals surface area contributed by atoms with Crippen LogP contribution in [0.4, 0.5) is 5.69 Å². The number of hydrogen-bond acceptors (Lipinski definition) is 3. The van der Waals surface area contributed by atoms with Crippen molar-refractivity contribution in [3.8, 4) is 0 Å². The van der Waals surface area contributed by atoms with Crippen LogP contribution in [0.5, 0.6) is 0 Å². The lowest BCUT2D eigenvalue weighted by atomic mass is 9.98. The highest BCUT2D eigenvalue weighted by Gasteiger charge is 2.26. The third-order valence-electron chi connectivity index (χ3n) is 4.79. The van der Waals surface area contributed by atoms with Crippen LogP contribution < -0.4 is 9.62 Å². The summed E-state index contributed by atoms with van der Waals surface area (Å²) in [6, 6.07) is 19.4. The van der Waals surface area contributed by atoms with Crippen LogP contribution in [0.2, 0.25) is 15.1 Å². The Labute approximate surface area is 203 Å². The number of halogens is 3. The molecule has 0 heterocycles. The molecular weight excluding hydrogens is 491 g/mol. The third kappa shape index (κ3) is 5.95. The molecule has 0 radical (unpaired) electrons. The van der Waals surface area contributed by atoms with Gasteiger partial charge in [0.2, 0.25) is 15.9 Å². The molecule has 0 aromatic heterocycles. The molecule has 0 saturated carbocycles. The van der Waals surface area contributed by atoms with Gasteiger partial charge in [-0.3, -0.25) is 9.10 Å². The molecule has 9 heteroatoms. The van der Waals surface area contributed by atoms with E-state index in [4.69, 9.17) is 34.8 Å². The molecule has 0 aliphatic heterocycles. The molecule has 5 nitrogen and oxygen atoms in total. The summed E-state index contributed by atoms with van der Waals surface area (Å²) in [5.74, 6) is -0.507. The zero-order valence-corrected chi connectivity index (χ0v) is 20.4. The number of hydrogen-bond donors (Lipinski definition) is 1. The average molecular weight is 512 g/mol. The van der Waals surface area contributed by atoms with Crippen molar-refractivity contribution in [2.75, 3.05) is 17.1 Å². The molecule has 168 valence electrons. The Balaban J connectivity index is 1.93. The van der Waals surface area contributed by atoms with Gasteiger partial charge < -0.3 is 5.32 Å². The standard InChI is InChI=1S/C23H21Cl3N2O3S/c1-15-8-10-17(11-9-15)23(16-6-4-3-5-7-16)27-22(29)14-28(32(2,30)31)21-13-19(25)18(24)12-20(21)26/h3-13,23H,14H2,1-2H3,(H,27,29)/t23-/m0/s1. The number of benzene rings is 3. The number of aryl methyl sites for hydroxylation is 1. The van der Waals surface area contributed by atoms with E-state index < -0.39 is 28.5 Å². The first-order valence-corrected chi connectivity index (χ1v) is 12.6. The molecule has 0 unspecified atom stereocenters. The smallest absolute Gasteiger partial charge is 0.241 e. The summed E-state index contributed by atoms with van der Waals surface area (Å²) in [5.41, 5.74) is 2.89. The highest BCUT2D eigenvalue weighted by molar-refractivity contribution is 7.92. The van der Waals surface area contributed by atoms with Crippen molar-refractivity contribution in [1.29, 1.82) is 0 Å². The van der Waals surface area contributed by atoms with Crippen molar-refractivity contribution in [3.05, 3.63) is 98.5 Å². The van der Waals surface area contributed by atoms with Crippen LogP contribution >= 0.6 is 34.8 Å². The van der Waals surface area contributed by atoms with Gasteiger partial charge in [-0.2, -0.15) is 0 Å². The van der Waals surface area contributed by atoms with Crippen molar-refractivity contribution in [2.45, 2.75) is 13.0 Å². The van der Waals surface area contributed by atoms with Gasteiger partial charge in [0.25, 0.3) is 0 Å². The van der Waals surface area contributed by atoms with Gasteiger partial charge in [0.05, 0.1) is 33.1 Å². The Morgan fingerprint density at radius 1 is 0.906 bits per heavy atom. The minimum Gasteiger partial charge on any atom is -0.344 e. The maximum atomic E-state index is 13.0. The molecule has 0 aliphatic carbocycles. The summed E-state index contributed by atoms with van der Waals surface area (Å²) in [7, 11) is -3.85. The summed E-state index contributed by atoms with van der Waals surface area (Å²) < 4.78 is 25.9. The molecule has 0 saturated heterocycles. The summed E-state index contributed by atoms with van der Waals surface area (Å²) in [4.78, 5) is 13.0. The Morgan fingerprint density at radius 2 is 1.47 bits per heavy atom. The van der Waals surface area contributed by atoms with E-state index in [1.54, 1.807) is 0 Å². The summed E-state index contributed by atoms with van der Waals surface area (Å²) in [5, 5.41) is 3.31. The van der Waals surface area contributed by atoms with Gasteiger partial charge in [0.15, 0.2) is 0 Å². The van der Waals surface area contributed by atoms with E-state index in [1.165, 1.54) is 12.1 Å². The van der Waals surface area contributed by atoms with E-state index in [-0.39, 0.29) is 20.8 Å². The maximum Gasteiger partial charge on any atom is 0.241 e. The predicted octanol–water partition coefficient (Wildman–Crippen LogP) is 5.63. The molecule has 3 rings (SSSR count). The van der Waals surface area contributed by atoms with Gasteiger partial charge in [0, 0.05) is 0 Å². The van der Waals surface area contributed by atoms with E-state index in [1.807, 2.05) is 61.5 Å². The van der Waals surface area contributed by atoms with E-state index in [0.29, 0.717) is 0 Å². The molecule has 32 heavy (non-hydrogen) atoms. The van der Waals surface area contributed by atoms with Gasteiger partial charge in [0.1, 0.15) is 6.54 Å². The maximum absolute atomic E-state index is 13.0. The highest BCUT2D eigenvalue weighted by atomic mass is 35.5. The van der Waals surface area contributed by atoms with Crippen LogP contribution in [0.25, 0.3) is 0 Å². The minimum atomic E-state index is -3.85. The molecule has 1 N–H and O–H groups in total. The molecule has 1 atom stereocenters. The topological polar surface area (TPSA) is 66.5 Å². The first kappa shape index (κ1) is 24.4. The van der Waals surface area contributed by atoms with Crippen molar-refractivity contribution >= 4 is 56.4 Å². The number of amides is 1. The summed E-state index contributed by atoms with van der Waals surface area (Å²) in [6.07, 6.45) is 0.994. The summed E-state index contributed by atoms with van der Waals surface area (Å²) >= 11 is 18.2. The van der Waals surface area contributed by atoms with Crippen LogP contribution in [0, 0.1) is 6.92 Å². The number of carbonyl (C=O) groups is 1. The second-order valence-electron chi connectivity index (χ2n) is 7.31. The molecular formula is C23H21Cl3N2O3S. The Hall–Kier alpha value is -2.25. The van der Waals surface area contributed by atoms with Crippen LogP contribution in [-0.2, 0) is 14.8 Å². The Bertz CT molecular complexity index is 1220. The zero-order chi connectivity index (χ0) is 23.5. The van der Waals surface area contributed by atoms with Gasteiger partial charge in [-0.25, -0.2) is 8.42 Å². The fraction of sp³-hybridized carbons (Fsp3) is 0.174. The Morgan fingerprint density at radius 3 is 2.06 bits per heavy atom. The number of anilines is 1. The molecule has 0 bridgehead atoms. The molecule has 0 spiro atoms. The zero-order valence-electron chi connectivity index (χ0n) is 17.3. The third-order valence-corrected chi connectivity index (χ3v) is 6.95. The highest BCUT2D eigenvalue weighted by Crippen LogP contribution is 2.35. The van der Waals surface area contributed by atoms with E-state index in [9.17, 15) is 13.2 Å². The van der Waals surface area contributed by atoms with Crippen molar-refractivity contribution in [1.82, 2.24) is 5.32 Å². The fourth-order valence-corrected chi connectivity index (χ4v) is 4.74. The van der Waals surface area contributed by atoms with Gasteiger partial charge in [-0.05, 0) is 30.2 Å². The number of carbonyl (C=O) groups excluding carboxylic acids is 1. The van der Waals surface area contributed by atoms with E-state index in [2.05, 4.69) is 5.32 Å². The van der Waals surface area contributed by atoms with Gasteiger partial charge >= 0.3 is 0 Å². The van der Waals surface area contributed by atoms with Crippen LogP contribution in [-0.4, -0.2) is 27.1 Å². The first-order chi connectivity index (χ1) is 15.1.